The monoisotopic (exact) mass is 462 g/mol. The van der Waals surface area contributed by atoms with E-state index in [9.17, 15) is 9.18 Å². The van der Waals surface area contributed by atoms with E-state index in [0.29, 0.717) is 29.7 Å². The van der Waals surface area contributed by atoms with Crippen LogP contribution in [-0.4, -0.2) is 46.2 Å². The van der Waals surface area contributed by atoms with Crippen molar-refractivity contribution in [2.45, 2.75) is 26.2 Å². The molecule has 0 spiro atoms. The van der Waals surface area contributed by atoms with Crippen LogP contribution in [0.15, 0.2) is 48.8 Å². The quantitative estimate of drug-likeness (QED) is 0.363. The number of nitrogens with zero attached hydrogens (tertiary/aromatic N) is 3. The number of aromatic nitrogens is 4. The van der Waals surface area contributed by atoms with Gasteiger partial charge in [0.2, 0.25) is 5.95 Å². The average molecular weight is 463 g/mol. The Morgan fingerprint density at radius 3 is 2.68 bits per heavy atom. The molecule has 176 valence electrons. The van der Waals surface area contributed by atoms with E-state index in [4.69, 9.17) is 4.74 Å². The number of amides is 2. The molecule has 0 aliphatic carbocycles. The zero-order chi connectivity index (χ0) is 24.3. The molecule has 0 fully saturated rings. The number of methoxy groups -OCH3 is 1. The number of carbonyl (C=O) groups is 1. The molecule has 4 rings (SSSR count). The zero-order valence-electron chi connectivity index (χ0n) is 19.6. The van der Waals surface area contributed by atoms with Gasteiger partial charge in [-0.05, 0) is 42.8 Å². The lowest BCUT2D eigenvalue weighted by molar-refractivity contribution is 0.144. The van der Waals surface area contributed by atoms with Gasteiger partial charge >= 0.3 is 6.03 Å². The van der Waals surface area contributed by atoms with Crippen molar-refractivity contribution in [2.75, 3.05) is 25.6 Å². The molecule has 0 atom stereocenters. The Morgan fingerprint density at radius 2 is 2.00 bits per heavy atom. The Balaban J connectivity index is 1.82. The lowest BCUT2D eigenvalue weighted by Gasteiger charge is -2.23. The SMILES string of the molecule is CCNC(=O)Nc1nc2c(-c3ncccc3F)cc(-c3ccc(C(C)(C)COC)nc3)cc2[nH]1. The van der Waals surface area contributed by atoms with Crippen LogP contribution < -0.4 is 10.6 Å². The fourth-order valence-corrected chi connectivity index (χ4v) is 3.82. The molecule has 0 bridgehead atoms. The van der Waals surface area contributed by atoms with Gasteiger partial charge in [0.05, 0.1) is 12.1 Å². The van der Waals surface area contributed by atoms with E-state index in [1.165, 1.54) is 18.3 Å². The molecule has 9 heteroatoms. The third kappa shape index (κ3) is 4.74. The maximum atomic E-state index is 14.7. The minimum atomic E-state index is -0.461. The molecule has 0 aliphatic rings. The highest BCUT2D eigenvalue weighted by atomic mass is 19.1. The van der Waals surface area contributed by atoms with Gasteiger partial charge < -0.3 is 15.0 Å². The number of hydrogen-bond acceptors (Lipinski definition) is 5. The fourth-order valence-electron chi connectivity index (χ4n) is 3.82. The van der Waals surface area contributed by atoms with Crippen LogP contribution >= 0.6 is 0 Å². The molecule has 3 N–H and O–H groups in total. The maximum absolute atomic E-state index is 14.7. The normalized spacial score (nSPS) is 11.6. The van der Waals surface area contributed by atoms with E-state index in [2.05, 4.69) is 44.4 Å². The summed E-state index contributed by atoms with van der Waals surface area (Å²) in [7, 11) is 1.67. The first-order valence-electron chi connectivity index (χ1n) is 11.0. The number of ether oxygens (including phenoxy) is 1. The molecular weight excluding hydrogens is 435 g/mol. The summed E-state index contributed by atoms with van der Waals surface area (Å²) in [5.41, 5.74) is 4.15. The molecule has 4 aromatic rings. The Kier molecular flexibility index (Phi) is 6.56. The van der Waals surface area contributed by atoms with E-state index in [1.54, 1.807) is 13.3 Å². The van der Waals surface area contributed by atoms with Crippen molar-refractivity contribution >= 4 is 23.0 Å². The number of rotatable bonds is 7. The van der Waals surface area contributed by atoms with Crippen LogP contribution in [0.4, 0.5) is 15.1 Å². The molecule has 0 unspecified atom stereocenters. The van der Waals surface area contributed by atoms with Gasteiger partial charge in [0.25, 0.3) is 0 Å². The van der Waals surface area contributed by atoms with Crippen LogP contribution in [0.1, 0.15) is 26.5 Å². The van der Waals surface area contributed by atoms with Gasteiger partial charge in [-0.25, -0.2) is 14.2 Å². The molecule has 3 heterocycles. The highest BCUT2D eigenvalue weighted by molar-refractivity contribution is 5.98. The van der Waals surface area contributed by atoms with Crippen LogP contribution in [0.25, 0.3) is 33.4 Å². The summed E-state index contributed by atoms with van der Waals surface area (Å²) in [5.74, 6) is -0.206. The first-order chi connectivity index (χ1) is 16.3. The van der Waals surface area contributed by atoms with E-state index in [-0.39, 0.29) is 23.1 Å². The molecule has 3 aromatic heterocycles. The number of urea groups is 1. The topological polar surface area (TPSA) is 105 Å². The Hall–Kier alpha value is -3.85. The Bertz CT molecular complexity index is 1320. The second kappa shape index (κ2) is 9.56. The highest BCUT2D eigenvalue weighted by Gasteiger charge is 2.22. The second-order valence-corrected chi connectivity index (χ2v) is 8.57. The van der Waals surface area contributed by atoms with Gasteiger partial charge in [0.15, 0.2) is 0 Å². The van der Waals surface area contributed by atoms with Crippen molar-refractivity contribution in [3.63, 3.8) is 0 Å². The highest BCUT2D eigenvalue weighted by Crippen LogP contribution is 2.34. The number of H-pyrrole nitrogens is 1. The molecule has 34 heavy (non-hydrogen) atoms. The fraction of sp³-hybridized carbons (Fsp3) is 0.280. The summed E-state index contributed by atoms with van der Waals surface area (Å²) >= 11 is 0. The van der Waals surface area contributed by atoms with Gasteiger partial charge in [-0.3, -0.25) is 15.3 Å². The number of carbonyl (C=O) groups excluding carboxylic acids is 1. The predicted octanol–water partition coefficient (Wildman–Crippen LogP) is 4.89. The second-order valence-electron chi connectivity index (χ2n) is 8.57. The van der Waals surface area contributed by atoms with Crippen LogP contribution in [0.3, 0.4) is 0 Å². The molecule has 2 amide bonds. The Labute approximate surface area is 197 Å². The summed E-state index contributed by atoms with van der Waals surface area (Å²) in [5, 5.41) is 5.32. The summed E-state index contributed by atoms with van der Waals surface area (Å²) in [6.07, 6.45) is 3.32. The number of halogens is 1. The summed E-state index contributed by atoms with van der Waals surface area (Å²) in [4.78, 5) is 28.5. The van der Waals surface area contributed by atoms with Crippen molar-refractivity contribution in [1.29, 1.82) is 0 Å². The number of imidazole rings is 1. The van der Waals surface area contributed by atoms with E-state index >= 15 is 0 Å². The molecule has 1 aromatic carbocycles. The van der Waals surface area contributed by atoms with Crippen molar-refractivity contribution in [3.8, 4) is 22.4 Å². The number of hydrogen-bond donors (Lipinski definition) is 3. The van der Waals surface area contributed by atoms with Gasteiger partial charge in [-0.2, -0.15) is 0 Å². The number of benzene rings is 1. The van der Waals surface area contributed by atoms with Crippen molar-refractivity contribution in [3.05, 3.63) is 60.3 Å². The number of anilines is 1. The molecule has 0 aliphatic heterocycles. The van der Waals surface area contributed by atoms with E-state index < -0.39 is 5.82 Å². The van der Waals surface area contributed by atoms with Gasteiger partial charge in [0.1, 0.15) is 17.0 Å². The number of fused-ring (bicyclic) bond motifs is 1. The predicted molar refractivity (Wildman–Crippen MR) is 130 cm³/mol. The van der Waals surface area contributed by atoms with Gasteiger partial charge in [-0.1, -0.05) is 19.9 Å². The first-order valence-corrected chi connectivity index (χ1v) is 11.0. The largest absolute Gasteiger partial charge is 0.384 e. The number of aromatic amines is 1. The third-order valence-electron chi connectivity index (χ3n) is 5.46. The molecule has 0 saturated heterocycles. The smallest absolute Gasteiger partial charge is 0.321 e. The number of nitrogens with one attached hydrogen (secondary N) is 3. The van der Waals surface area contributed by atoms with Gasteiger partial charge in [-0.15, -0.1) is 0 Å². The van der Waals surface area contributed by atoms with Crippen LogP contribution in [0, 0.1) is 5.82 Å². The van der Waals surface area contributed by atoms with E-state index in [0.717, 1.165) is 16.8 Å². The van der Waals surface area contributed by atoms with Crippen LogP contribution in [-0.2, 0) is 10.2 Å². The van der Waals surface area contributed by atoms with E-state index in [1.807, 2.05) is 31.2 Å². The minimum Gasteiger partial charge on any atom is -0.384 e. The van der Waals surface area contributed by atoms with Crippen molar-refractivity contribution in [1.82, 2.24) is 25.3 Å². The summed E-state index contributed by atoms with van der Waals surface area (Å²) in [6.45, 7) is 6.98. The molecule has 8 nitrogen and oxygen atoms in total. The lowest BCUT2D eigenvalue weighted by atomic mass is 9.89. The average Bonchev–Trinajstić information content (AvgIpc) is 3.21. The summed E-state index contributed by atoms with van der Waals surface area (Å²) < 4.78 is 20.0. The molecule has 0 radical (unpaired) electrons. The summed E-state index contributed by atoms with van der Waals surface area (Å²) in [6, 6.07) is 10.2. The third-order valence-corrected chi connectivity index (χ3v) is 5.46. The maximum Gasteiger partial charge on any atom is 0.321 e. The number of pyridine rings is 2. The standard InChI is InChI=1S/C25H27FN6O2/c1-5-27-24(33)32-23-30-19-12-16(15-8-9-20(29-13-15)25(2,3)14-34-4)11-17(22(19)31-23)21-18(26)7-6-10-28-21/h6-13H,5,14H2,1-4H3,(H3,27,30,31,32,33). The van der Waals surface area contributed by atoms with Crippen molar-refractivity contribution in [2.24, 2.45) is 0 Å². The molecule has 0 saturated carbocycles. The van der Waals surface area contributed by atoms with Crippen LogP contribution in [0.2, 0.25) is 0 Å². The zero-order valence-corrected chi connectivity index (χ0v) is 19.6. The van der Waals surface area contributed by atoms with Gasteiger partial charge in [0, 0.05) is 48.3 Å². The van der Waals surface area contributed by atoms with Crippen molar-refractivity contribution < 1.29 is 13.9 Å². The first kappa shape index (κ1) is 23.3. The van der Waals surface area contributed by atoms with Crippen LogP contribution in [0.5, 0.6) is 0 Å². The Morgan fingerprint density at radius 1 is 1.18 bits per heavy atom. The lowest BCUT2D eigenvalue weighted by Crippen LogP contribution is -2.28. The minimum absolute atomic E-state index is 0.177. The molecular formula is C25H27FN6O2.